The molecule has 1 fully saturated rings. The second-order valence-corrected chi connectivity index (χ2v) is 7.47. The Morgan fingerprint density at radius 3 is 2.64 bits per heavy atom. The summed E-state index contributed by atoms with van der Waals surface area (Å²) in [4.78, 5) is 22.9. The first-order valence-electron chi connectivity index (χ1n) is 11.0. The molecule has 1 saturated heterocycles. The molecule has 4 heterocycles. The molecule has 0 bridgehead atoms. The van der Waals surface area contributed by atoms with E-state index in [-0.39, 0.29) is 31.8 Å². The number of amides is 1. The summed E-state index contributed by atoms with van der Waals surface area (Å²) >= 11 is 0. The molecule has 1 aliphatic rings. The van der Waals surface area contributed by atoms with Crippen LogP contribution >= 0.6 is 0 Å². The number of carbonyl (C=O) groups is 1. The third-order valence-corrected chi connectivity index (χ3v) is 5.25. The van der Waals surface area contributed by atoms with E-state index in [0.717, 1.165) is 11.1 Å². The second kappa shape index (κ2) is 10.4. The van der Waals surface area contributed by atoms with Crippen molar-refractivity contribution in [1.29, 1.82) is 0 Å². The van der Waals surface area contributed by atoms with Crippen molar-refractivity contribution in [2.24, 2.45) is 10.8 Å². The van der Waals surface area contributed by atoms with Crippen LogP contribution in [0.25, 0.3) is 16.7 Å². The lowest BCUT2D eigenvalue weighted by Crippen LogP contribution is -2.42. The molecule has 33 heavy (non-hydrogen) atoms. The quantitative estimate of drug-likeness (QED) is 0.336. The van der Waals surface area contributed by atoms with Crippen molar-refractivity contribution in [2.45, 2.75) is 46.0 Å². The maximum absolute atomic E-state index is 13.4. The Hall–Kier alpha value is -3.56. The number of piperidine rings is 1. The summed E-state index contributed by atoms with van der Waals surface area (Å²) in [6, 6.07) is 5.43. The molecule has 0 atom stereocenters. The Balaban J connectivity index is 0.00000149. The lowest BCUT2D eigenvalue weighted by atomic mass is 10.1. The van der Waals surface area contributed by atoms with Gasteiger partial charge in [0.15, 0.2) is 0 Å². The second-order valence-electron chi connectivity index (χ2n) is 7.47. The topological polar surface area (TPSA) is 101 Å². The van der Waals surface area contributed by atoms with E-state index in [9.17, 15) is 13.6 Å². The Labute approximate surface area is 191 Å². The number of nitrogens with zero attached hydrogens (tertiary/aromatic N) is 5. The normalized spacial score (nSPS) is 15.7. The summed E-state index contributed by atoms with van der Waals surface area (Å²) < 4.78 is 28.6. The molecule has 0 spiro atoms. The average molecular weight is 458 g/mol. The highest BCUT2D eigenvalue weighted by atomic mass is 19.3. The first kappa shape index (κ1) is 24.1. The molecule has 8 nitrogen and oxygen atoms in total. The van der Waals surface area contributed by atoms with E-state index in [2.05, 4.69) is 20.5 Å². The number of amidine groups is 1. The minimum absolute atomic E-state index is 0.0430. The highest BCUT2D eigenvalue weighted by Gasteiger charge is 2.35. The van der Waals surface area contributed by atoms with Gasteiger partial charge in [0.2, 0.25) is 0 Å². The third-order valence-electron chi connectivity index (χ3n) is 5.25. The molecule has 3 aromatic heterocycles. The van der Waals surface area contributed by atoms with Crippen LogP contribution in [0, 0.1) is 0 Å². The van der Waals surface area contributed by atoms with Crippen molar-refractivity contribution < 1.29 is 13.6 Å². The van der Waals surface area contributed by atoms with Crippen LogP contribution in [-0.4, -0.2) is 50.2 Å². The standard InChI is InChI=1S/C21H23F2N7O.C2H6/c1-2-18(24)28-27-16-10-17(13-25-12-16)30-6-3-14-9-15(11-26-19(14)30)20(31)29-7-4-21(22,23)5-8-29;1-2/h3,6,9-13,27H,2,4-5,7-8H2,1H3,(H2,24,28);1-2H3. The Kier molecular flexibility index (Phi) is 7.57. The van der Waals surface area contributed by atoms with E-state index in [1.165, 1.54) is 11.1 Å². The van der Waals surface area contributed by atoms with Crippen LogP contribution < -0.4 is 11.2 Å². The van der Waals surface area contributed by atoms with E-state index < -0.39 is 5.92 Å². The van der Waals surface area contributed by atoms with Crippen molar-refractivity contribution in [2.75, 3.05) is 18.5 Å². The number of alkyl halides is 2. The molecule has 1 amide bonds. The Bertz CT molecular complexity index is 1130. The number of hydrazone groups is 1. The SMILES string of the molecule is CC.CC/C(N)=N/Nc1cncc(-n2ccc3cc(C(=O)N4CCC(F)(F)CC4)cnc32)c1. The molecule has 0 unspecified atom stereocenters. The summed E-state index contributed by atoms with van der Waals surface area (Å²) in [5, 5.41) is 4.84. The number of hydrogen-bond donors (Lipinski definition) is 2. The van der Waals surface area contributed by atoms with E-state index in [0.29, 0.717) is 29.2 Å². The smallest absolute Gasteiger partial charge is 0.255 e. The van der Waals surface area contributed by atoms with Crippen molar-refractivity contribution in [3.8, 4) is 5.69 Å². The molecule has 0 saturated carbocycles. The fourth-order valence-corrected chi connectivity index (χ4v) is 3.40. The summed E-state index contributed by atoms with van der Waals surface area (Å²) in [5.74, 6) is -2.49. The molecule has 3 aromatic rings. The average Bonchev–Trinajstić information content (AvgIpc) is 3.27. The number of nitrogens with one attached hydrogen (secondary N) is 1. The molecular formula is C23H29F2N7O. The van der Waals surface area contributed by atoms with Gasteiger partial charge in [-0.2, -0.15) is 5.10 Å². The lowest BCUT2D eigenvalue weighted by molar-refractivity contribution is -0.0494. The van der Waals surface area contributed by atoms with Gasteiger partial charge in [0.1, 0.15) is 11.5 Å². The number of anilines is 1. The van der Waals surface area contributed by atoms with Crippen LogP contribution in [0.4, 0.5) is 14.5 Å². The lowest BCUT2D eigenvalue weighted by Gasteiger charge is -2.31. The van der Waals surface area contributed by atoms with Gasteiger partial charge in [-0.15, -0.1) is 0 Å². The van der Waals surface area contributed by atoms with Crippen LogP contribution in [0.1, 0.15) is 50.4 Å². The number of halogens is 2. The maximum atomic E-state index is 13.4. The highest BCUT2D eigenvalue weighted by molar-refractivity contribution is 5.97. The fraction of sp³-hybridized carbons (Fsp3) is 0.391. The van der Waals surface area contributed by atoms with E-state index in [1.807, 2.05) is 43.7 Å². The molecule has 0 aromatic carbocycles. The van der Waals surface area contributed by atoms with Gasteiger partial charge < -0.3 is 10.6 Å². The zero-order chi connectivity index (χ0) is 24.0. The van der Waals surface area contributed by atoms with Gasteiger partial charge in [0.25, 0.3) is 11.8 Å². The van der Waals surface area contributed by atoms with Crippen LogP contribution in [-0.2, 0) is 0 Å². The first-order chi connectivity index (χ1) is 15.9. The summed E-state index contributed by atoms with van der Waals surface area (Å²) in [6.07, 6.45) is 6.65. The molecule has 10 heteroatoms. The minimum atomic E-state index is -2.69. The van der Waals surface area contributed by atoms with Crippen LogP contribution in [0.2, 0.25) is 0 Å². The number of nitrogens with two attached hydrogens (primary N) is 1. The Morgan fingerprint density at radius 1 is 1.21 bits per heavy atom. The van der Waals surface area contributed by atoms with Crippen molar-refractivity contribution in [1.82, 2.24) is 19.4 Å². The van der Waals surface area contributed by atoms with E-state index >= 15 is 0 Å². The summed E-state index contributed by atoms with van der Waals surface area (Å²) in [6.45, 7) is 6.00. The number of rotatable bonds is 5. The van der Waals surface area contributed by atoms with Gasteiger partial charge in [-0.3, -0.25) is 19.8 Å². The number of carbonyl (C=O) groups excluding carboxylic acids is 1. The van der Waals surface area contributed by atoms with Crippen LogP contribution in [0.15, 0.2) is 48.1 Å². The predicted octanol–water partition coefficient (Wildman–Crippen LogP) is 4.41. The summed E-state index contributed by atoms with van der Waals surface area (Å²) in [7, 11) is 0. The monoisotopic (exact) mass is 457 g/mol. The minimum Gasteiger partial charge on any atom is -0.386 e. The number of pyridine rings is 2. The molecule has 176 valence electrons. The molecule has 0 radical (unpaired) electrons. The van der Waals surface area contributed by atoms with Gasteiger partial charge in [0.05, 0.1) is 29.3 Å². The predicted molar refractivity (Wildman–Crippen MR) is 126 cm³/mol. The molecule has 3 N–H and O–H groups in total. The van der Waals surface area contributed by atoms with Gasteiger partial charge in [-0.25, -0.2) is 13.8 Å². The number of hydrogen-bond acceptors (Lipinski definition) is 5. The zero-order valence-corrected chi connectivity index (χ0v) is 19.1. The van der Waals surface area contributed by atoms with Gasteiger partial charge in [-0.1, -0.05) is 20.8 Å². The fourth-order valence-electron chi connectivity index (χ4n) is 3.40. The van der Waals surface area contributed by atoms with Gasteiger partial charge in [-0.05, 0) is 18.2 Å². The summed E-state index contributed by atoms with van der Waals surface area (Å²) in [5.41, 5.74) is 11.1. The van der Waals surface area contributed by atoms with E-state index in [4.69, 9.17) is 5.73 Å². The highest BCUT2D eigenvalue weighted by Crippen LogP contribution is 2.29. The van der Waals surface area contributed by atoms with Crippen molar-refractivity contribution in [3.63, 3.8) is 0 Å². The maximum Gasteiger partial charge on any atom is 0.255 e. The molecule has 4 rings (SSSR count). The first-order valence-corrected chi connectivity index (χ1v) is 11.0. The van der Waals surface area contributed by atoms with Gasteiger partial charge in [0, 0.05) is 50.1 Å². The third kappa shape index (κ3) is 5.63. The zero-order valence-electron chi connectivity index (χ0n) is 19.1. The van der Waals surface area contributed by atoms with Gasteiger partial charge >= 0.3 is 0 Å². The molecular weight excluding hydrogens is 428 g/mol. The van der Waals surface area contributed by atoms with Crippen molar-refractivity contribution >= 4 is 28.5 Å². The molecule has 0 aliphatic carbocycles. The Morgan fingerprint density at radius 2 is 1.94 bits per heavy atom. The van der Waals surface area contributed by atoms with Crippen LogP contribution in [0.3, 0.4) is 0 Å². The molecule has 1 aliphatic heterocycles. The largest absolute Gasteiger partial charge is 0.386 e. The number of likely N-dealkylation sites (tertiary alicyclic amines) is 1. The van der Waals surface area contributed by atoms with E-state index in [1.54, 1.807) is 18.5 Å². The van der Waals surface area contributed by atoms with Crippen molar-refractivity contribution in [3.05, 3.63) is 48.5 Å². The number of aromatic nitrogens is 3. The number of fused-ring (bicyclic) bond motifs is 1. The van der Waals surface area contributed by atoms with Crippen LogP contribution in [0.5, 0.6) is 0 Å².